The molecule has 1 unspecified atom stereocenters. The number of rotatable bonds is 57. The molecule has 0 radical (unpaired) electrons. The van der Waals surface area contributed by atoms with Crippen LogP contribution in [0.5, 0.6) is 0 Å². The average molecular weight is 1070 g/mol. The van der Waals surface area contributed by atoms with Gasteiger partial charge in [-0.1, -0.05) is 271 Å². The van der Waals surface area contributed by atoms with Crippen LogP contribution in [-0.2, 0) is 28.6 Å². The van der Waals surface area contributed by atoms with Crippen molar-refractivity contribution in [1.82, 2.24) is 0 Å². The molecule has 77 heavy (non-hydrogen) atoms. The molecule has 0 aromatic heterocycles. The van der Waals surface area contributed by atoms with E-state index in [1.54, 1.807) is 0 Å². The largest absolute Gasteiger partial charge is 0.462 e. The van der Waals surface area contributed by atoms with E-state index in [0.717, 1.165) is 116 Å². The smallest absolute Gasteiger partial charge is 0.306 e. The molecule has 0 saturated heterocycles. The molecular weight excluding hydrogens is 949 g/mol. The number of ether oxygens (including phenoxy) is 3. The van der Waals surface area contributed by atoms with Gasteiger partial charge in [-0.05, 0) is 122 Å². The minimum absolute atomic E-state index is 0.110. The van der Waals surface area contributed by atoms with Crippen LogP contribution in [0.1, 0.15) is 290 Å². The highest BCUT2D eigenvalue weighted by Gasteiger charge is 2.19. The van der Waals surface area contributed by atoms with Crippen molar-refractivity contribution in [3.63, 3.8) is 0 Å². The molecule has 0 amide bonds. The van der Waals surface area contributed by atoms with Crippen molar-refractivity contribution < 1.29 is 28.6 Å². The molecule has 6 nitrogen and oxygen atoms in total. The number of allylic oxidation sites excluding steroid dienone is 20. The molecular formula is C71H118O6. The van der Waals surface area contributed by atoms with Crippen LogP contribution in [0.4, 0.5) is 0 Å². The molecule has 0 saturated carbocycles. The van der Waals surface area contributed by atoms with Crippen LogP contribution < -0.4 is 0 Å². The van der Waals surface area contributed by atoms with Gasteiger partial charge in [0.2, 0.25) is 0 Å². The summed E-state index contributed by atoms with van der Waals surface area (Å²) in [6.45, 7) is 6.36. The summed E-state index contributed by atoms with van der Waals surface area (Å²) in [5, 5.41) is 0. The zero-order chi connectivity index (χ0) is 55.7. The molecule has 0 spiro atoms. The van der Waals surface area contributed by atoms with Gasteiger partial charge in [0.25, 0.3) is 0 Å². The van der Waals surface area contributed by atoms with Crippen molar-refractivity contribution in [1.29, 1.82) is 0 Å². The molecule has 0 bridgehead atoms. The second kappa shape index (κ2) is 64.3. The van der Waals surface area contributed by atoms with Gasteiger partial charge in [-0.15, -0.1) is 0 Å². The van der Waals surface area contributed by atoms with E-state index >= 15 is 0 Å². The first kappa shape index (κ1) is 72.8. The number of hydrogen-bond acceptors (Lipinski definition) is 6. The van der Waals surface area contributed by atoms with Crippen molar-refractivity contribution in [2.24, 2.45) is 0 Å². The van der Waals surface area contributed by atoms with Crippen LogP contribution in [0.25, 0.3) is 0 Å². The molecule has 0 rings (SSSR count). The Morgan fingerprint density at radius 3 is 0.844 bits per heavy atom. The van der Waals surface area contributed by atoms with E-state index in [2.05, 4.69) is 142 Å². The van der Waals surface area contributed by atoms with E-state index in [1.807, 2.05) is 0 Å². The first-order valence-corrected chi connectivity index (χ1v) is 32.0. The van der Waals surface area contributed by atoms with Crippen molar-refractivity contribution in [2.45, 2.75) is 297 Å². The Morgan fingerprint density at radius 2 is 0.519 bits per heavy atom. The first-order chi connectivity index (χ1) is 38.0. The van der Waals surface area contributed by atoms with Crippen molar-refractivity contribution in [2.75, 3.05) is 13.2 Å². The minimum atomic E-state index is -0.823. The quantitative estimate of drug-likeness (QED) is 0.0261. The number of esters is 3. The highest BCUT2D eigenvalue weighted by Crippen LogP contribution is 2.16. The molecule has 0 fully saturated rings. The van der Waals surface area contributed by atoms with Crippen LogP contribution in [-0.4, -0.2) is 37.2 Å². The van der Waals surface area contributed by atoms with Crippen molar-refractivity contribution >= 4 is 17.9 Å². The summed E-state index contributed by atoms with van der Waals surface area (Å²) in [4.78, 5) is 38.3. The number of carbonyl (C=O) groups is 3. The fourth-order valence-corrected chi connectivity index (χ4v) is 8.70. The fraction of sp³-hybridized carbons (Fsp3) is 0.676. The molecule has 0 aromatic rings. The molecule has 0 aliphatic rings. The maximum atomic E-state index is 12.9. The third-order valence-corrected chi connectivity index (χ3v) is 13.4. The molecule has 6 heteroatoms. The van der Waals surface area contributed by atoms with Crippen molar-refractivity contribution in [3.8, 4) is 0 Å². The third kappa shape index (κ3) is 62.5. The molecule has 1 atom stereocenters. The van der Waals surface area contributed by atoms with Crippen LogP contribution in [0, 0.1) is 0 Å². The monoisotopic (exact) mass is 1070 g/mol. The Morgan fingerprint density at radius 1 is 0.273 bits per heavy atom. The molecule has 0 aromatic carbocycles. The van der Waals surface area contributed by atoms with Gasteiger partial charge >= 0.3 is 17.9 Å². The maximum Gasteiger partial charge on any atom is 0.306 e. The zero-order valence-corrected chi connectivity index (χ0v) is 50.2. The van der Waals surface area contributed by atoms with Gasteiger partial charge < -0.3 is 14.2 Å². The second-order valence-corrected chi connectivity index (χ2v) is 20.9. The number of carbonyl (C=O) groups excluding carboxylic acids is 3. The molecule has 0 aliphatic carbocycles. The normalized spacial score (nSPS) is 12.9. The third-order valence-electron chi connectivity index (χ3n) is 13.4. The van der Waals surface area contributed by atoms with E-state index in [-0.39, 0.29) is 37.5 Å². The standard InChI is InChI=1S/C71H118O6/c1-4-7-10-13-16-19-22-25-28-31-32-33-34-35-36-37-38-41-43-46-49-52-55-58-61-64-70(73)76-67-68(77-71(74)65-62-59-56-53-50-47-44-40-30-27-24-21-18-15-12-9-6-3)66-75-69(72)63-60-57-54-51-48-45-42-39-29-26-23-20-17-14-11-8-5-2/h8-9,11-12,17-18,20-21,26-27,29-32,42,44-45,47,53,56,68H,4-7,10,13-16,19,22-25,28,33-41,43,46,48-52,54-55,57-67H2,1-3H3/b11-8-,12-9-,20-17-,21-18-,29-26-,30-27-,32-31-,45-42-,47-44-,56-53-. The SMILES string of the molecule is CC/C=C\C/C=C\C/C=C\C/C=C\C/C=C\CCCC(=O)OC(COC(=O)CCCCCC/C=C\C/C=C\C/C=C\C/C=C\CC)COC(=O)CCCCCCCCCCCCCCC/C=C\CCCCCCCCCC. The van der Waals surface area contributed by atoms with Crippen molar-refractivity contribution in [3.05, 3.63) is 122 Å². The lowest BCUT2D eigenvalue weighted by Crippen LogP contribution is -2.30. The minimum Gasteiger partial charge on any atom is -0.462 e. The van der Waals surface area contributed by atoms with Gasteiger partial charge in [0.05, 0.1) is 0 Å². The number of hydrogen-bond donors (Lipinski definition) is 0. The van der Waals surface area contributed by atoms with Crippen LogP contribution in [0.15, 0.2) is 122 Å². The summed E-state index contributed by atoms with van der Waals surface area (Å²) in [5.41, 5.74) is 0. The summed E-state index contributed by atoms with van der Waals surface area (Å²) in [5.74, 6) is -0.990. The summed E-state index contributed by atoms with van der Waals surface area (Å²) >= 11 is 0. The fourth-order valence-electron chi connectivity index (χ4n) is 8.70. The first-order valence-electron chi connectivity index (χ1n) is 32.0. The maximum absolute atomic E-state index is 12.9. The molecule has 0 heterocycles. The number of unbranched alkanes of at least 4 members (excludes halogenated alkanes) is 26. The lowest BCUT2D eigenvalue weighted by Gasteiger charge is -2.18. The van der Waals surface area contributed by atoms with E-state index in [4.69, 9.17) is 14.2 Å². The van der Waals surface area contributed by atoms with Gasteiger partial charge in [0.15, 0.2) is 6.10 Å². The summed E-state index contributed by atoms with van der Waals surface area (Å²) in [7, 11) is 0. The Hall–Kier alpha value is -4.19. The van der Waals surface area contributed by atoms with Crippen LogP contribution >= 0.6 is 0 Å². The van der Waals surface area contributed by atoms with Crippen LogP contribution in [0.2, 0.25) is 0 Å². The molecule has 0 aliphatic heterocycles. The van der Waals surface area contributed by atoms with E-state index in [1.165, 1.54) is 128 Å². The topological polar surface area (TPSA) is 78.9 Å². The Labute approximate surface area is 475 Å². The lowest BCUT2D eigenvalue weighted by molar-refractivity contribution is -0.167. The molecule has 438 valence electrons. The van der Waals surface area contributed by atoms with Gasteiger partial charge in [0, 0.05) is 19.3 Å². The average Bonchev–Trinajstić information content (AvgIpc) is 3.43. The molecule has 0 N–H and O–H groups in total. The summed E-state index contributed by atoms with van der Waals surface area (Å²) < 4.78 is 16.9. The van der Waals surface area contributed by atoms with Gasteiger partial charge in [-0.25, -0.2) is 0 Å². The van der Waals surface area contributed by atoms with Crippen LogP contribution in [0.3, 0.4) is 0 Å². The zero-order valence-electron chi connectivity index (χ0n) is 50.2. The van der Waals surface area contributed by atoms with Gasteiger partial charge in [-0.2, -0.15) is 0 Å². The van der Waals surface area contributed by atoms with E-state index in [0.29, 0.717) is 19.3 Å². The Balaban J connectivity index is 4.42. The Bertz CT molecular complexity index is 1600. The van der Waals surface area contributed by atoms with E-state index < -0.39 is 6.10 Å². The summed E-state index contributed by atoms with van der Waals surface area (Å²) in [6, 6.07) is 0. The lowest BCUT2D eigenvalue weighted by atomic mass is 10.0. The van der Waals surface area contributed by atoms with Gasteiger partial charge in [-0.3, -0.25) is 14.4 Å². The predicted octanol–water partition coefficient (Wildman–Crippen LogP) is 22.0. The summed E-state index contributed by atoms with van der Waals surface area (Å²) in [6.07, 6.45) is 89.3. The highest BCUT2D eigenvalue weighted by atomic mass is 16.6. The second-order valence-electron chi connectivity index (χ2n) is 20.9. The Kier molecular flexibility index (Phi) is 60.8. The van der Waals surface area contributed by atoms with E-state index in [9.17, 15) is 14.4 Å². The predicted molar refractivity (Wildman–Crippen MR) is 334 cm³/mol. The van der Waals surface area contributed by atoms with Gasteiger partial charge in [0.1, 0.15) is 13.2 Å². The highest BCUT2D eigenvalue weighted by molar-refractivity contribution is 5.71.